The minimum absolute atomic E-state index is 0.175. The van der Waals surface area contributed by atoms with Crippen molar-refractivity contribution >= 4 is 11.9 Å². The van der Waals surface area contributed by atoms with Crippen molar-refractivity contribution in [3.05, 3.63) is 53.9 Å². The molecular weight excluding hydrogens is 230 g/mol. The van der Waals surface area contributed by atoms with Crippen LogP contribution < -0.4 is 16.6 Å². The van der Waals surface area contributed by atoms with E-state index in [1.54, 1.807) is 0 Å². The summed E-state index contributed by atoms with van der Waals surface area (Å²) in [5.41, 5.74) is 12.2. The minimum atomic E-state index is -0.580. The van der Waals surface area contributed by atoms with Gasteiger partial charge in [0.25, 0.3) is 5.91 Å². The van der Waals surface area contributed by atoms with E-state index in [-0.39, 0.29) is 5.69 Å². The van der Waals surface area contributed by atoms with Gasteiger partial charge in [0.15, 0.2) is 0 Å². The highest BCUT2D eigenvalue weighted by Gasteiger charge is 2.03. The number of carbonyl (C=O) groups is 1. The lowest BCUT2D eigenvalue weighted by Gasteiger charge is -2.07. The van der Waals surface area contributed by atoms with Gasteiger partial charge in [-0.05, 0) is 11.6 Å². The number of nitrogens with zero attached hydrogens (tertiary/aromatic N) is 2. The summed E-state index contributed by atoms with van der Waals surface area (Å²) in [7, 11) is 0. The van der Waals surface area contributed by atoms with Crippen molar-refractivity contribution in [1.29, 1.82) is 0 Å². The molecule has 0 spiro atoms. The number of carbonyl (C=O) groups excluding carboxylic acids is 1. The molecular formula is C12H13N5O. The summed E-state index contributed by atoms with van der Waals surface area (Å²) < 4.78 is 0. The van der Waals surface area contributed by atoms with Crippen LogP contribution in [-0.2, 0) is 6.54 Å². The number of benzene rings is 1. The molecule has 0 aliphatic carbocycles. The Bertz CT molecular complexity index is 529. The van der Waals surface area contributed by atoms with E-state index in [2.05, 4.69) is 20.8 Å². The summed E-state index contributed by atoms with van der Waals surface area (Å²) in [5.74, 6) is -0.272. The molecule has 6 nitrogen and oxygen atoms in total. The van der Waals surface area contributed by atoms with Crippen molar-refractivity contribution in [2.75, 3.05) is 5.43 Å². The SMILES string of the molecule is NC(=O)c1ccnc(NNCc2ccccc2)n1. The maximum absolute atomic E-state index is 10.9. The van der Waals surface area contributed by atoms with Crippen LogP contribution in [0.25, 0.3) is 0 Å². The van der Waals surface area contributed by atoms with Gasteiger partial charge in [0.05, 0.1) is 0 Å². The van der Waals surface area contributed by atoms with Crippen molar-refractivity contribution in [1.82, 2.24) is 15.4 Å². The first kappa shape index (κ1) is 12.0. The van der Waals surface area contributed by atoms with Crippen LogP contribution >= 0.6 is 0 Å². The number of hydrazine groups is 1. The number of amides is 1. The lowest BCUT2D eigenvalue weighted by molar-refractivity contribution is 0.0995. The topological polar surface area (TPSA) is 92.9 Å². The zero-order valence-corrected chi connectivity index (χ0v) is 9.63. The van der Waals surface area contributed by atoms with Crippen LogP contribution in [0.3, 0.4) is 0 Å². The van der Waals surface area contributed by atoms with Crippen molar-refractivity contribution in [2.24, 2.45) is 5.73 Å². The van der Waals surface area contributed by atoms with Crippen molar-refractivity contribution < 1.29 is 4.79 Å². The normalized spacial score (nSPS) is 10.0. The average molecular weight is 243 g/mol. The maximum Gasteiger partial charge on any atom is 0.267 e. The highest BCUT2D eigenvalue weighted by molar-refractivity contribution is 5.90. The smallest absolute Gasteiger partial charge is 0.267 e. The quantitative estimate of drug-likeness (QED) is 0.672. The molecule has 0 atom stereocenters. The standard InChI is InChI=1S/C12H13N5O/c13-11(18)10-6-7-14-12(16-10)17-15-8-9-4-2-1-3-5-9/h1-7,15H,8H2,(H2,13,18)(H,14,16,17). The Morgan fingerprint density at radius 3 is 2.72 bits per heavy atom. The number of hydrogen-bond donors (Lipinski definition) is 3. The molecule has 0 radical (unpaired) electrons. The number of aromatic nitrogens is 2. The number of nitrogens with one attached hydrogen (secondary N) is 2. The first-order valence-electron chi connectivity index (χ1n) is 5.41. The Balaban J connectivity index is 1.90. The van der Waals surface area contributed by atoms with Gasteiger partial charge in [0, 0.05) is 12.7 Å². The Labute approximate surface area is 104 Å². The summed E-state index contributed by atoms with van der Waals surface area (Å²) in [5, 5.41) is 0. The van der Waals surface area contributed by atoms with Crippen molar-refractivity contribution in [3.8, 4) is 0 Å². The van der Waals surface area contributed by atoms with E-state index < -0.39 is 5.91 Å². The number of anilines is 1. The maximum atomic E-state index is 10.9. The predicted octanol–water partition coefficient (Wildman–Crippen LogP) is 0.692. The minimum Gasteiger partial charge on any atom is -0.364 e. The first-order chi connectivity index (χ1) is 8.75. The monoisotopic (exact) mass is 243 g/mol. The van der Waals surface area contributed by atoms with Crippen LogP contribution in [0.2, 0.25) is 0 Å². The zero-order chi connectivity index (χ0) is 12.8. The number of rotatable bonds is 5. The molecule has 0 fully saturated rings. The first-order valence-corrected chi connectivity index (χ1v) is 5.41. The molecule has 4 N–H and O–H groups in total. The van der Waals surface area contributed by atoms with Gasteiger partial charge in [-0.3, -0.25) is 10.2 Å². The van der Waals surface area contributed by atoms with E-state index in [9.17, 15) is 4.79 Å². The van der Waals surface area contributed by atoms with Gasteiger partial charge >= 0.3 is 0 Å². The van der Waals surface area contributed by atoms with Crippen LogP contribution in [0.1, 0.15) is 16.1 Å². The Morgan fingerprint density at radius 1 is 1.22 bits per heavy atom. The highest BCUT2D eigenvalue weighted by atomic mass is 16.1. The van der Waals surface area contributed by atoms with Crippen LogP contribution in [0.5, 0.6) is 0 Å². The van der Waals surface area contributed by atoms with E-state index in [1.165, 1.54) is 12.3 Å². The third-order valence-electron chi connectivity index (χ3n) is 2.24. The summed E-state index contributed by atoms with van der Waals surface area (Å²) >= 11 is 0. The van der Waals surface area contributed by atoms with Gasteiger partial charge in [-0.15, -0.1) is 0 Å². The van der Waals surface area contributed by atoms with Gasteiger partial charge in [-0.25, -0.2) is 15.4 Å². The van der Waals surface area contributed by atoms with Crippen LogP contribution in [-0.4, -0.2) is 15.9 Å². The van der Waals surface area contributed by atoms with Gasteiger partial charge in [-0.2, -0.15) is 0 Å². The second-order valence-electron chi connectivity index (χ2n) is 3.59. The summed E-state index contributed by atoms with van der Waals surface area (Å²) in [6, 6.07) is 11.3. The average Bonchev–Trinajstić information content (AvgIpc) is 2.40. The summed E-state index contributed by atoms with van der Waals surface area (Å²) in [6.45, 7) is 0.616. The van der Waals surface area contributed by atoms with Crippen LogP contribution in [0.15, 0.2) is 42.6 Å². The molecule has 0 aliphatic heterocycles. The molecule has 0 aliphatic rings. The molecule has 0 saturated carbocycles. The molecule has 1 amide bonds. The van der Waals surface area contributed by atoms with E-state index >= 15 is 0 Å². The molecule has 6 heteroatoms. The van der Waals surface area contributed by atoms with E-state index in [0.29, 0.717) is 12.5 Å². The lowest BCUT2D eigenvalue weighted by Crippen LogP contribution is -2.23. The predicted molar refractivity (Wildman–Crippen MR) is 67.5 cm³/mol. The molecule has 2 aromatic rings. The largest absolute Gasteiger partial charge is 0.364 e. The Kier molecular flexibility index (Phi) is 3.83. The molecule has 1 heterocycles. The van der Waals surface area contributed by atoms with Crippen molar-refractivity contribution in [2.45, 2.75) is 6.54 Å². The fourth-order valence-electron chi connectivity index (χ4n) is 1.38. The number of primary amides is 1. The number of nitrogens with two attached hydrogens (primary N) is 1. The highest BCUT2D eigenvalue weighted by Crippen LogP contribution is 2.00. The fourth-order valence-corrected chi connectivity index (χ4v) is 1.38. The second kappa shape index (κ2) is 5.74. The molecule has 2 rings (SSSR count). The fraction of sp³-hybridized carbons (Fsp3) is 0.0833. The molecule has 1 aromatic carbocycles. The Morgan fingerprint density at radius 2 is 2.00 bits per heavy atom. The Hall–Kier alpha value is -2.47. The van der Waals surface area contributed by atoms with Crippen LogP contribution in [0.4, 0.5) is 5.95 Å². The van der Waals surface area contributed by atoms with Gasteiger partial charge < -0.3 is 5.73 Å². The van der Waals surface area contributed by atoms with E-state index in [4.69, 9.17) is 5.73 Å². The molecule has 0 unspecified atom stereocenters. The van der Waals surface area contributed by atoms with E-state index in [0.717, 1.165) is 5.56 Å². The second-order valence-corrected chi connectivity index (χ2v) is 3.59. The van der Waals surface area contributed by atoms with Gasteiger partial charge in [-0.1, -0.05) is 30.3 Å². The van der Waals surface area contributed by atoms with Gasteiger partial charge in [0.2, 0.25) is 5.95 Å². The number of hydrogen-bond acceptors (Lipinski definition) is 5. The third kappa shape index (κ3) is 3.26. The van der Waals surface area contributed by atoms with Crippen molar-refractivity contribution in [3.63, 3.8) is 0 Å². The zero-order valence-electron chi connectivity index (χ0n) is 9.63. The van der Waals surface area contributed by atoms with Crippen LogP contribution in [0, 0.1) is 0 Å². The van der Waals surface area contributed by atoms with Gasteiger partial charge in [0.1, 0.15) is 5.69 Å². The molecule has 1 aromatic heterocycles. The summed E-state index contributed by atoms with van der Waals surface area (Å²) in [6.07, 6.45) is 1.47. The lowest BCUT2D eigenvalue weighted by atomic mass is 10.2. The molecule has 92 valence electrons. The molecule has 18 heavy (non-hydrogen) atoms. The molecule has 0 bridgehead atoms. The third-order valence-corrected chi connectivity index (χ3v) is 2.24. The summed E-state index contributed by atoms with van der Waals surface area (Å²) in [4.78, 5) is 18.8. The van der Waals surface area contributed by atoms with E-state index in [1.807, 2.05) is 30.3 Å². The molecule has 0 saturated heterocycles.